The smallest absolute Gasteiger partial charge is 0.275 e. The topological polar surface area (TPSA) is 107 Å². The highest BCUT2D eigenvalue weighted by Crippen LogP contribution is 2.19. The molecule has 2 amide bonds. The van der Waals surface area contributed by atoms with Crippen LogP contribution in [0.15, 0.2) is 47.3 Å². The minimum Gasteiger partial charge on any atom is -0.364 e. The van der Waals surface area contributed by atoms with Gasteiger partial charge >= 0.3 is 0 Å². The molecule has 132 valence electrons. The van der Waals surface area contributed by atoms with Gasteiger partial charge in [-0.15, -0.1) is 0 Å². The van der Waals surface area contributed by atoms with Gasteiger partial charge in [-0.25, -0.2) is 9.07 Å². The van der Waals surface area contributed by atoms with Gasteiger partial charge in [-0.05, 0) is 24.3 Å². The largest absolute Gasteiger partial charge is 0.364 e. The Labute approximate surface area is 151 Å². The maximum Gasteiger partial charge on any atom is 0.275 e. The van der Waals surface area contributed by atoms with Crippen LogP contribution in [0.5, 0.6) is 0 Å². The summed E-state index contributed by atoms with van der Waals surface area (Å²) in [6.07, 6.45) is 0. The summed E-state index contributed by atoms with van der Waals surface area (Å²) in [6, 6.07) is 9.95. The zero-order valence-electron chi connectivity index (χ0n) is 13.2. The van der Waals surface area contributed by atoms with Crippen LogP contribution in [0.1, 0.15) is 10.5 Å². The van der Waals surface area contributed by atoms with Gasteiger partial charge in [-0.3, -0.25) is 14.4 Å². The molecule has 0 atom stereocenters. The molecule has 1 aromatic heterocycles. The van der Waals surface area contributed by atoms with Gasteiger partial charge in [0.1, 0.15) is 12.4 Å². The fraction of sp³-hybridized carbons (Fsp3) is 0.0588. The van der Waals surface area contributed by atoms with Crippen molar-refractivity contribution in [2.45, 2.75) is 6.54 Å². The first kappa shape index (κ1) is 17.6. The van der Waals surface area contributed by atoms with E-state index < -0.39 is 29.7 Å². The summed E-state index contributed by atoms with van der Waals surface area (Å²) >= 11 is 5.77. The molecule has 3 aromatic rings. The fourth-order valence-corrected chi connectivity index (χ4v) is 2.62. The third kappa shape index (κ3) is 3.40. The lowest BCUT2D eigenvalue weighted by atomic mass is 10.1. The van der Waals surface area contributed by atoms with Gasteiger partial charge < -0.3 is 11.1 Å². The molecule has 2 aromatic carbocycles. The number of anilines is 1. The van der Waals surface area contributed by atoms with Crippen LogP contribution in [0.25, 0.3) is 10.8 Å². The van der Waals surface area contributed by atoms with Crippen molar-refractivity contribution in [1.82, 2.24) is 9.78 Å². The fourth-order valence-electron chi connectivity index (χ4n) is 2.44. The van der Waals surface area contributed by atoms with Gasteiger partial charge in [-0.2, -0.15) is 5.10 Å². The summed E-state index contributed by atoms with van der Waals surface area (Å²) in [4.78, 5) is 36.3. The van der Waals surface area contributed by atoms with Crippen LogP contribution >= 0.6 is 11.6 Å². The van der Waals surface area contributed by atoms with Crippen molar-refractivity contribution in [3.63, 3.8) is 0 Å². The Kier molecular flexibility index (Phi) is 4.68. The SMILES string of the molecule is NC(=O)c1nn(CC(=O)Nc2cc(Cl)ccc2F)c(=O)c2ccccc12. The normalized spacial score (nSPS) is 10.7. The van der Waals surface area contributed by atoms with E-state index in [0.29, 0.717) is 5.39 Å². The molecule has 0 saturated heterocycles. The second-order valence-corrected chi connectivity index (χ2v) is 5.83. The van der Waals surface area contributed by atoms with Crippen molar-refractivity contribution in [3.05, 3.63) is 69.4 Å². The summed E-state index contributed by atoms with van der Waals surface area (Å²) in [5.41, 5.74) is 4.46. The number of hydrogen-bond donors (Lipinski definition) is 2. The Balaban J connectivity index is 1.97. The number of rotatable bonds is 4. The molecular weight excluding hydrogens is 363 g/mol. The van der Waals surface area contributed by atoms with E-state index in [1.54, 1.807) is 12.1 Å². The second-order valence-electron chi connectivity index (χ2n) is 5.39. The predicted octanol–water partition coefficient (Wildman–Crippen LogP) is 1.93. The van der Waals surface area contributed by atoms with E-state index in [1.807, 2.05) is 0 Å². The van der Waals surface area contributed by atoms with Crippen LogP contribution < -0.4 is 16.6 Å². The number of primary amides is 1. The zero-order chi connectivity index (χ0) is 18.8. The quantitative estimate of drug-likeness (QED) is 0.727. The molecule has 0 unspecified atom stereocenters. The van der Waals surface area contributed by atoms with Gasteiger partial charge in [0.15, 0.2) is 5.69 Å². The zero-order valence-corrected chi connectivity index (χ0v) is 14.0. The molecule has 0 bridgehead atoms. The van der Waals surface area contributed by atoms with Crippen LogP contribution in [-0.4, -0.2) is 21.6 Å². The van der Waals surface area contributed by atoms with Gasteiger partial charge in [0, 0.05) is 10.4 Å². The van der Waals surface area contributed by atoms with E-state index in [1.165, 1.54) is 24.3 Å². The molecule has 3 rings (SSSR count). The van der Waals surface area contributed by atoms with Crippen molar-refractivity contribution in [2.75, 3.05) is 5.32 Å². The summed E-state index contributed by atoms with van der Waals surface area (Å²) in [6.45, 7) is -0.532. The lowest BCUT2D eigenvalue weighted by Crippen LogP contribution is -2.32. The molecule has 0 aliphatic heterocycles. The lowest BCUT2D eigenvalue weighted by Gasteiger charge is -2.10. The van der Waals surface area contributed by atoms with E-state index in [2.05, 4.69) is 10.4 Å². The van der Waals surface area contributed by atoms with Crippen molar-refractivity contribution in [3.8, 4) is 0 Å². The molecule has 1 heterocycles. The van der Waals surface area contributed by atoms with E-state index in [9.17, 15) is 18.8 Å². The van der Waals surface area contributed by atoms with Gasteiger partial charge in [0.25, 0.3) is 11.5 Å². The van der Waals surface area contributed by atoms with E-state index in [4.69, 9.17) is 17.3 Å². The first-order chi connectivity index (χ1) is 12.4. The Morgan fingerprint density at radius 1 is 1.19 bits per heavy atom. The Bertz CT molecular complexity index is 1100. The van der Waals surface area contributed by atoms with Crippen LogP contribution in [0.3, 0.4) is 0 Å². The molecular formula is C17H12ClFN4O3. The van der Waals surface area contributed by atoms with Gasteiger partial charge in [0.2, 0.25) is 5.91 Å². The van der Waals surface area contributed by atoms with Crippen LogP contribution in [0.2, 0.25) is 5.02 Å². The Morgan fingerprint density at radius 3 is 2.58 bits per heavy atom. The number of hydrogen-bond acceptors (Lipinski definition) is 4. The molecule has 0 radical (unpaired) electrons. The number of carbonyl (C=O) groups is 2. The van der Waals surface area contributed by atoms with Crippen LogP contribution in [-0.2, 0) is 11.3 Å². The molecule has 0 aliphatic rings. The van der Waals surface area contributed by atoms with E-state index in [-0.39, 0.29) is 21.8 Å². The minimum absolute atomic E-state index is 0.133. The first-order valence-corrected chi connectivity index (χ1v) is 7.79. The number of nitrogens with two attached hydrogens (primary N) is 1. The highest BCUT2D eigenvalue weighted by molar-refractivity contribution is 6.30. The predicted molar refractivity (Wildman–Crippen MR) is 94.6 cm³/mol. The summed E-state index contributed by atoms with van der Waals surface area (Å²) in [5, 5.41) is 6.90. The van der Waals surface area contributed by atoms with Crippen molar-refractivity contribution in [1.29, 1.82) is 0 Å². The number of nitrogens with one attached hydrogen (secondary N) is 1. The average molecular weight is 375 g/mol. The number of nitrogens with zero attached hydrogens (tertiary/aromatic N) is 2. The van der Waals surface area contributed by atoms with Crippen LogP contribution in [0, 0.1) is 5.82 Å². The number of halogens is 2. The highest BCUT2D eigenvalue weighted by Gasteiger charge is 2.16. The maximum absolute atomic E-state index is 13.7. The minimum atomic E-state index is -0.837. The summed E-state index contributed by atoms with van der Waals surface area (Å²) in [5.74, 6) is -2.23. The monoisotopic (exact) mass is 374 g/mol. The number of fused-ring (bicyclic) bond motifs is 1. The molecule has 0 saturated carbocycles. The van der Waals surface area contributed by atoms with Crippen molar-refractivity contribution >= 4 is 39.9 Å². The van der Waals surface area contributed by atoms with E-state index in [0.717, 1.165) is 10.7 Å². The molecule has 9 heteroatoms. The molecule has 26 heavy (non-hydrogen) atoms. The number of amides is 2. The molecule has 0 spiro atoms. The highest BCUT2D eigenvalue weighted by atomic mass is 35.5. The molecule has 0 aliphatic carbocycles. The van der Waals surface area contributed by atoms with Crippen molar-refractivity contribution < 1.29 is 14.0 Å². The van der Waals surface area contributed by atoms with Gasteiger partial charge in [0.05, 0.1) is 11.1 Å². The Hall–Kier alpha value is -3.26. The number of aromatic nitrogens is 2. The Morgan fingerprint density at radius 2 is 1.88 bits per heavy atom. The molecule has 0 fully saturated rings. The number of carbonyl (C=O) groups excluding carboxylic acids is 2. The van der Waals surface area contributed by atoms with Crippen molar-refractivity contribution in [2.24, 2.45) is 5.73 Å². The van der Waals surface area contributed by atoms with Gasteiger partial charge in [-0.1, -0.05) is 29.8 Å². The summed E-state index contributed by atoms with van der Waals surface area (Å²) < 4.78 is 14.5. The third-order valence-corrected chi connectivity index (χ3v) is 3.83. The lowest BCUT2D eigenvalue weighted by molar-refractivity contribution is -0.117. The third-order valence-electron chi connectivity index (χ3n) is 3.60. The van der Waals surface area contributed by atoms with E-state index >= 15 is 0 Å². The average Bonchev–Trinajstić information content (AvgIpc) is 2.60. The van der Waals surface area contributed by atoms with Crippen LogP contribution in [0.4, 0.5) is 10.1 Å². The molecule has 7 nitrogen and oxygen atoms in total. The molecule has 3 N–H and O–H groups in total. The maximum atomic E-state index is 13.7. The number of benzene rings is 2. The standard InChI is InChI=1S/C17H12ClFN4O3/c18-9-5-6-12(19)13(7-9)21-14(24)8-23-17(26)11-4-2-1-3-10(11)15(22-23)16(20)25/h1-7H,8H2,(H2,20,25)(H,21,24). The second kappa shape index (κ2) is 6.93. The summed E-state index contributed by atoms with van der Waals surface area (Å²) in [7, 11) is 0. The first-order valence-electron chi connectivity index (χ1n) is 7.41.